The van der Waals surface area contributed by atoms with Crippen LogP contribution >= 0.6 is 11.6 Å². The van der Waals surface area contributed by atoms with Crippen LogP contribution in [-0.4, -0.2) is 50.0 Å². The molecule has 2 aromatic carbocycles. The number of amides is 2. The Balaban J connectivity index is 2.21. The van der Waals surface area contributed by atoms with Crippen LogP contribution in [-0.2, 0) is 32.3 Å². The van der Waals surface area contributed by atoms with Gasteiger partial charge in [0.15, 0.2) is 0 Å². The van der Waals surface area contributed by atoms with Crippen LogP contribution in [0.5, 0.6) is 0 Å². The van der Waals surface area contributed by atoms with E-state index < -0.39 is 33.7 Å². The Morgan fingerprint density at radius 2 is 1.71 bits per heavy atom. The molecule has 0 radical (unpaired) electrons. The highest BCUT2D eigenvalue weighted by molar-refractivity contribution is 7.92. The number of hydrogen-bond acceptors (Lipinski definition) is 4. The minimum atomic E-state index is -4.64. The number of anilines is 1. The Labute approximate surface area is 227 Å². The van der Waals surface area contributed by atoms with Crippen molar-refractivity contribution < 1.29 is 31.2 Å². The molecule has 0 aliphatic heterocycles. The van der Waals surface area contributed by atoms with Gasteiger partial charge in [0.05, 0.1) is 17.5 Å². The zero-order chi connectivity index (χ0) is 28.7. The van der Waals surface area contributed by atoms with Gasteiger partial charge < -0.3 is 10.2 Å². The minimum absolute atomic E-state index is 0.0268. The lowest BCUT2D eigenvalue weighted by atomic mass is 10.1. The first-order valence-corrected chi connectivity index (χ1v) is 14.3. The van der Waals surface area contributed by atoms with Crippen molar-refractivity contribution in [2.45, 2.75) is 64.8 Å². The molecule has 0 aliphatic carbocycles. The van der Waals surface area contributed by atoms with Crippen LogP contribution < -0.4 is 9.62 Å². The molecule has 1 N–H and O–H groups in total. The predicted molar refractivity (Wildman–Crippen MR) is 142 cm³/mol. The van der Waals surface area contributed by atoms with Gasteiger partial charge in [-0.15, -0.1) is 0 Å². The van der Waals surface area contributed by atoms with Gasteiger partial charge in [-0.2, -0.15) is 13.2 Å². The first-order valence-electron chi connectivity index (χ1n) is 12.1. The van der Waals surface area contributed by atoms with Gasteiger partial charge in [0.25, 0.3) is 0 Å². The summed E-state index contributed by atoms with van der Waals surface area (Å²) in [5, 5.41) is 3.38. The van der Waals surface area contributed by atoms with Crippen molar-refractivity contribution in [3.8, 4) is 0 Å². The van der Waals surface area contributed by atoms with Gasteiger partial charge in [-0.05, 0) is 62.6 Å². The molecule has 2 atom stereocenters. The van der Waals surface area contributed by atoms with Crippen molar-refractivity contribution >= 4 is 39.1 Å². The maximum Gasteiger partial charge on any atom is 0.416 e. The summed E-state index contributed by atoms with van der Waals surface area (Å²) >= 11 is 5.96. The topological polar surface area (TPSA) is 86.8 Å². The van der Waals surface area contributed by atoms with E-state index in [1.807, 2.05) is 13.8 Å². The highest BCUT2D eigenvalue weighted by atomic mass is 35.5. The lowest BCUT2D eigenvalue weighted by Crippen LogP contribution is -2.49. The fourth-order valence-corrected chi connectivity index (χ4v) is 4.76. The maximum atomic E-state index is 13.3. The highest BCUT2D eigenvalue weighted by Gasteiger charge is 2.32. The van der Waals surface area contributed by atoms with Crippen LogP contribution in [0.25, 0.3) is 0 Å². The van der Waals surface area contributed by atoms with E-state index in [2.05, 4.69) is 5.32 Å². The largest absolute Gasteiger partial charge is 0.416 e. The molecule has 0 unspecified atom stereocenters. The number of nitrogens with one attached hydrogen (secondary N) is 1. The average Bonchev–Trinajstić information content (AvgIpc) is 2.84. The third-order valence-corrected chi connectivity index (χ3v) is 7.49. The van der Waals surface area contributed by atoms with E-state index in [0.29, 0.717) is 11.4 Å². The maximum absolute atomic E-state index is 13.3. The van der Waals surface area contributed by atoms with Gasteiger partial charge in [0.2, 0.25) is 21.8 Å². The Bertz CT molecular complexity index is 1210. The molecule has 2 amide bonds. The molecule has 0 spiro atoms. The number of carbonyl (C=O) groups is 2. The van der Waals surface area contributed by atoms with Crippen LogP contribution in [0.2, 0.25) is 5.02 Å². The highest BCUT2D eigenvalue weighted by Crippen LogP contribution is 2.32. The van der Waals surface area contributed by atoms with Gasteiger partial charge in [-0.25, -0.2) is 8.42 Å². The number of halogens is 4. The molecule has 38 heavy (non-hydrogen) atoms. The van der Waals surface area contributed by atoms with Gasteiger partial charge >= 0.3 is 6.18 Å². The second kappa shape index (κ2) is 13.3. The normalized spacial score (nSPS) is 13.5. The fourth-order valence-electron chi connectivity index (χ4n) is 3.68. The van der Waals surface area contributed by atoms with Crippen LogP contribution in [0.1, 0.15) is 51.2 Å². The van der Waals surface area contributed by atoms with E-state index in [1.54, 1.807) is 31.2 Å². The van der Waals surface area contributed by atoms with Gasteiger partial charge in [-0.1, -0.05) is 36.7 Å². The molecule has 0 saturated heterocycles. The summed E-state index contributed by atoms with van der Waals surface area (Å²) < 4.78 is 65.1. The van der Waals surface area contributed by atoms with E-state index in [-0.39, 0.29) is 43.6 Å². The first-order chi connectivity index (χ1) is 17.6. The van der Waals surface area contributed by atoms with Crippen molar-refractivity contribution in [1.29, 1.82) is 0 Å². The Hall–Kier alpha value is -2.79. The quantitative estimate of drug-likeness (QED) is 0.375. The van der Waals surface area contributed by atoms with E-state index in [1.165, 1.54) is 11.0 Å². The fraction of sp³-hybridized carbons (Fsp3) is 0.462. The van der Waals surface area contributed by atoms with Crippen LogP contribution in [0.3, 0.4) is 0 Å². The van der Waals surface area contributed by atoms with Crippen molar-refractivity contribution in [1.82, 2.24) is 10.2 Å². The smallest absolute Gasteiger partial charge is 0.352 e. The SMILES string of the molecule is CC[C@@H](C)NC(=O)[C@H](C)N(Cc1ccc(Cl)cc1)C(=O)CCCN(c1cccc(C(F)(F)F)c1)S(C)(=O)=O. The van der Waals surface area contributed by atoms with E-state index in [9.17, 15) is 31.2 Å². The van der Waals surface area contributed by atoms with Crippen molar-refractivity contribution in [3.05, 3.63) is 64.7 Å². The second-order valence-electron chi connectivity index (χ2n) is 9.13. The standard InChI is InChI=1S/C26H33ClF3N3O4S/c1-5-18(2)31-25(35)19(3)32(17-20-11-13-22(27)14-12-20)24(34)10-7-15-33(38(4,36)37)23-9-6-8-21(16-23)26(28,29)30/h6,8-9,11-14,16,18-19H,5,7,10,15,17H2,1-4H3,(H,31,35)/t18-,19+/m1/s1. The Morgan fingerprint density at radius 3 is 2.26 bits per heavy atom. The van der Waals surface area contributed by atoms with Crippen molar-refractivity contribution in [2.75, 3.05) is 17.1 Å². The molecule has 12 heteroatoms. The molecule has 210 valence electrons. The lowest BCUT2D eigenvalue weighted by molar-refractivity contribution is -0.140. The van der Waals surface area contributed by atoms with Crippen LogP contribution in [0.4, 0.5) is 18.9 Å². The summed E-state index contributed by atoms with van der Waals surface area (Å²) in [5.74, 6) is -0.729. The van der Waals surface area contributed by atoms with Crippen molar-refractivity contribution in [3.63, 3.8) is 0 Å². The Morgan fingerprint density at radius 1 is 1.08 bits per heavy atom. The Kier molecular flexibility index (Phi) is 11.0. The molecule has 0 aliphatic rings. The number of alkyl halides is 3. The average molecular weight is 576 g/mol. The molecular weight excluding hydrogens is 543 g/mol. The molecule has 0 saturated carbocycles. The van der Waals surface area contributed by atoms with E-state index in [0.717, 1.165) is 34.3 Å². The third-order valence-electron chi connectivity index (χ3n) is 6.05. The molecule has 7 nitrogen and oxygen atoms in total. The first kappa shape index (κ1) is 31.4. The number of nitrogens with zero attached hydrogens (tertiary/aromatic N) is 2. The van der Waals surface area contributed by atoms with E-state index in [4.69, 9.17) is 11.6 Å². The number of benzene rings is 2. The predicted octanol–water partition coefficient (Wildman–Crippen LogP) is 5.24. The minimum Gasteiger partial charge on any atom is -0.352 e. The summed E-state index contributed by atoms with van der Waals surface area (Å²) in [6, 6.07) is 9.92. The zero-order valence-corrected chi connectivity index (χ0v) is 23.3. The number of carbonyl (C=O) groups excluding carboxylic acids is 2. The van der Waals surface area contributed by atoms with Crippen molar-refractivity contribution in [2.24, 2.45) is 0 Å². The molecule has 0 heterocycles. The number of rotatable bonds is 12. The molecule has 0 fully saturated rings. The van der Waals surface area contributed by atoms with Gasteiger partial charge in [-0.3, -0.25) is 13.9 Å². The lowest BCUT2D eigenvalue weighted by Gasteiger charge is -2.30. The molecular formula is C26H33ClF3N3O4S. The summed E-state index contributed by atoms with van der Waals surface area (Å²) in [6.45, 7) is 5.29. The van der Waals surface area contributed by atoms with E-state index >= 15 is 0 Å². The summed E-state index contributed by atoms with van der Waals surface area (Å²) in [7, 11) is -3.93. The molecule has 0 aromatic heterocycles. The second-order valence-corrected chi connectivity index (χ2v) is 11.5. The molecule has 0 bridgehead atoms. The number of hydrogen-bond donors (Lipinski definition) is 1. The molecule has 2 rings (SSSR count). The third kappa shape index (κ3) is 9.20. The monoisotopic (exact) mass is 575 g/mol. The van der Waals surface area contributed by atoms with Gasteiger partial charge in [0, 0.05) is 30.6 Å². The van der Waals surface area contributed by atoms with Gasteiger partial charge in [0.1, 0.15) is 6.04 Å². The van der Waals surface area contributed by atoms with Crippen LogP contribution in [0, 0.1) is 0 Å². The summed E-state index contributed by atoms with van der Waals surface area (Å²) in [5.41, 5.74) is -0.378. The summed E-state index contributed by atoms with van der Waals surface area (Å²) in [4.78, 5) is 27.5. The summed E-state index contributed by atoms with van der Waals surface area (Å²) in [6.07, 6.45) is -3.13. The van der Waals surface area contributed by atoms with Crippen LogP contribution in [0.15, 0.2) is 48.5 Å². The molecule has 2 aromatic rings. The number of sulfonamides is 1. The zero-order valence-electron chi connectivity index (χ0n) is 21.8.